The highest BCUT2D eigenvalue weighted by Crippen LogP contribution is 2.29. The van der Waals surface area contributed by atoms with Crippen molar-refractivity contribution in [3.8, 4) is 33.6 Å². The normalized spacial score (nSPS) is 10.9. The average Bonchev–Trinajstić information content (AvgIpc) is 3.79. The average molecular weight is 650 g/mol. The van der Waals surface area contributed by atoms with E-state index in [1.54, 1.807) is 17.3 Å². The van der Waals surface area contributed by atoms with Crippen LogP contribution in [0.2, 0.25) is 0 Å². The van der Waals surface area contributed by atoms with Gasteiger partial charge < -0.3 is 29.8 Å². The van der Waals surface area contributed by atoms with Gasteiger partial charge in [0, 0.05) is 18.7 Å². The number of hydrogen-bond acceptors (Lipinski definition) is 7. The summed E-state index contributed by atoms with van der Waals surface area (Å²) in [7, 11) is 1.26. The number of fused-ring (bicyclic) bond motifs is 1. The van der Waals surface area contributed by atoms with Gasteiger partial charge in [0.1, 0.15) is 18.2 Å². The number of alkyl carbamates (subject to hydrolysis) is 1. The maximum Gasteiger partial charge on any atom is 0.407 e. The van der Waals surface area contributed by atoms with E-state index >= 15 is 0 Å². The van der Waals surface area contributed by atoms with Gasteiger partial charge in [-0.05, 0) is 52.4 Å². The Hall–Kier alpha value is -5.78. The molecule has 248 valence electrons. The van der Waals surface area contributed by atoms with Crippen molar-refractivity contribution >= 4 is 35.0 Å². The van der Waals surface area contributed by atoms with E-state index in [1.807, 2.05) is 32.0 Å². The van der Waals surface area contributed by atoms with Crippen LogP contribution in [-0.4, -0.2) is 80.7 Å². The molecule has 0 aliphatic heterocycles. The number of nitrogens with zero attached hydrogens (tertiary/aromatic N) is 4. The van der Waals surface area contributed by atoms with Crippen LogP contribution < -0.4 is 5.32 Å². The highest BCUT2D eigenvalue weighted by molar-refractivity contribution is 6.23. The quantitative estimate of drug-likeness (QED) is 0.109. The van der Waals surface area contributed by atoms with Crippen LogP contribution in [0.3, 0.4) is 0 Å². The van der Waals surface area contributed by atoms with Gasteiger partial charge in [0.15, 0.2) is 0 Å². The number of amides is 3. The van der Waals surface area contributed by atoms with Gasteiger partial charge in [0.25, 0.3) is 5.91 Å². The molecule has 0 bridgehead atoms. The summed E-state index contributed by atoms with van der Waals surface area (Å²) in [5, 5.41) is 4.61. The van der Waals surface area contributed by atoms with E-state index in [0.29, 0.717) is 37.6 Å². The topological polar surface area (TPSA) is 153 Å². The first-order valence-corrected chi connectivity index (χ1v) is 15.9. The summed E-state index contributed by atoms with van der Waals surface area (Å²) in [6.45, 7) is 5.37. The zero-order valence-electron chi connectivity index (χ0n) is 27.3. The summed E-state index contributed by atoms with van der Waals surface area (Å²) < 4.78 is 4.55. The second-order valence-electron chi connectivity index (χ2n) is 11.4. The first-order valence-electron chi connectivity index (χ1n) is 15.9. The highest BCUT2D eigenvalue weighted by atomic mass is 16.5. The van der Waals surface area contributed by atoms with Crippen molar-refractivity contribution in [2.45, 2.75) is 39.8 Å². The molecule has 0 spiro atoms. The first kappa shape index (κ1) is 33.6. The summed E-state index contributed by atoms with van der Waals surface area (Å²) in [6.07, 6.45) is 4.71. The predicted molar refractivity (Wildman–Crippen MR) is 182 cm³/mol. The number of benzene rings is 3. The number of imidazole rings is 2. The lowest BCUT2D eigenvalue weighted by atomic mass is 9.98. The Morgan fingerprint density at radius 1 is 0.750 bits per heavy atom. The Balaban J connectivity index is 1.25. The zero-order valence-corrected chi connectivity index (χ0v) is 27.3. The predicted octanol–water partition coefficient (Wildman–Crippen LogP) is 5.32. The number of aromatic nitrogens is 4. The Morgan fingerprint density at radius 3 is 1.88 bits per heavy atom. The number of aromatic amines is 2. The third kappa shape index (κ3) is 8.13. The Kier molecular flexibility index (Phi) is 11.0. The van der Waals surface area contributed by atoms with Gasteiger partial charge in [-0.25, -0.2) is 14.8 Å². The number of rotatable bonds is 14. The summed E-state index contributed by atoms with van der Waals surface area (Å²) in [6, 6.07) is 20.8. The minimum atomic E-state index is -0.648. The molecule has 48 heavy (non-hydrogen) atoms. The summed E-state index contributed by atoms with van der Waals surface area (Å²) in [5.74, 6) is 0.513. The van der Waals surface area contributed by atoms with Crippen molar-refractivity contribution < 1.29 is 23.9 Å². The molecule has 0 unspecified atom stereocenters. The van der Waals surface area contributed by atoms with Crippen LogP contribution in [0.15, 0.2) is 73.1 Å². The second kappa shape index (κ2) is 15.7. The lowest BCUT2D eigenvalue weighted by Crippen LogP contribution is -2.40. The molecule has 3 amide bonds. The number of hydrogen-bond donors (Lipinski definition) is 3. The first-order chi connectivity index (χ1) is 23.3. The van der Waals surface area contributed by atoms with E-state index < -0.39 is 12.0 Å². The van der Waals surface area contributed by atoms with E-state index in [1.165, 1.54) is 12.0 Å². The molecule has 0 radical (unpaired) electrons. The smallest absolute Gasteiger partial charge is 0.407 e. The van der Waals surface area contributed by atoms with Crippen molar-refractivity contribution in [2.75, 3.05) is 26.7 Å². The molecule has 5 rings (SSSR count). The van der Waals surface area contributed by atoms with Crippen molar-refractivity contribution in [3.05, 3.63) is 84.7 Å². The molecule has 0 aliphatic rings. The standard InChI is InChI=1S/C36H39N7O5/c1-4-14-42(34(45)20-39-36(47)48-3)21-32-37-18-30(40-32)25-8-6-24(7-9-25)26-10-11-28-17-29(13-12-27(28)16-26)31-19-38-33(41-31)22-43(15-5-2)35(46)23-44/h6-13,16-19,23H,4-5,14-15,20-22H2,1-3H3,(H,37,40)(H,38,41)(H,39,47). The second-order valence-corrected chi connectivity index (χ2v) is 11.4. The molecule has 2 heterocycles. The SMILES string of the molecule is CCCN(Cc1ncc(-c2ccc3cc(-c4ccc(-c5cnc(CN(CCC)C(=O)CNC(=O)OC)[nH]5)cc4)ccc3c2)[nH]1)C(=O)C=O. The van der Waals surface area contributed by atoms with Crippen molar-refractivity contribution in [2.24, 2.45) is 0 Å². The molecule has 0 aliphatic carbocycles. The fourth-order valence-electron chi connectivity index (χ4n) is 5.48. The molecule has 2 aromatic heterocycles. The van der Waals surface area contributed by atoms with Crippen LogP contribution in [0.5, 0.6) is 0 Å². The van der Waals surface area contributed by atoms with Crippen LogP contribution in [-0.2, 0) is 32.2 Å². The van der Waals surface area contributed by atoms with Crippen LogP contribution >= 0.6 is 0 Å². The molecule has 0 saturated heterocycles. The van der Waals surface area contributed by atoms with Gasteiger partial charge in [-0.1, -0.05) is 62.4 Å². The van der Waals surface area contributed by atoms with Crippen LogP contribution in [0.1, 0.15) is 38.3 Å². The number of ether oxygens (including phenoxy) is 1. The number of H-pyrrole nitrogens is 2. The molecule has 12 nitrogen and oxygen atoms in total. The van der Waals surface area contributed by atoms with Gasteiger partial charge in [-0.2, -0.15) is 0 Å². The van der Waals surface area contributed by atoms with Gasteiger partial charge in [-0.3, -0.25) is 14.4 Å². The largest absolute Gasteiger partial charge is 0.453 e. The number of nitrogens with one attached hydrogen (secondary N) is 3. The van der Waals surface area contributed by atoms with Crippen LogP contribution in [0.4, 0.5) is 4.79 Å². The maximum atomic E-state index is 12.6. The van der Waals surface area contributed by atoms with Crippen LogP contribution in [0.25, 0.3) is 44.4 Å². The Morgan fingerprint density at radius 2 is 1.27 bits per heavy atom. The Bertz CT molecular complexity index is 1900. The third-order valence-electron chi connectivity index (χ3n) is 7.94. The van der Waals surface area contributed by atoms with E-state index in [2.05, 4.69) is 72.5 Å². The van der Waals surface area contributed by atoms with E-state index in [0.717, 1.165) is 57.3 Å². The maximum absolute atomic E-state index is 12.6. The van der Waals surface area contributed by atoms with Gasteiger partial charge in [0.2, 0.25) is 12.2 Å². The van der Waals surface area contributed by atoms with Gasteiger partial charge in [-0.15, -0.1) is 0 Å². The fraction of sp³-hybridized carbons (Fsp3) is 0.278. The lowest BCUT2D eigenvalue weighted by molar-refractivity contribution is -0.139. The summed E-state index contributed by atoms with van der Waals surface area (Å²) in [4.78, 5) is 65.6. The number of carbonyl (C=O) groups is 4. The Labute approximate surface area is 278 Å². The van der Waals surface area contributed by atoms with Crippen LogP contribution in [0, 0.1) is 0 Å². The summed E-state index contributed by atoms with van der Waals surface area (Å²) in [5.41, 5.74) is 5.78. The van der Waals surface area contributed by atoms with Crippen molar-refractivity contribution in [1.29, 1.82) is 0 Å². The molecule has 0 saturated carbocycles. The molecule has 5 aromatic rings. The van der Waals surface area contributed by atoms with E-state index in [9.17, 15) is 19.2 Å². The van der Waals surface area contributed by atoms with Crippen molar-refractivity contribution in [1.82, 2.24) is 35.1 Å². The van der Waals surface area contributed by atoms with E-state index in [-0.39, 0.29) is 19.0 Å². The molecular formula is C36H39N7O5. The highest BCUT2D eigenvalue weighted by Gasteiger charge is 2.17. The van der Waals surface area contributed by atoms with Gasteiger partial charge >= 0.3 is 6.09 Å². The number of aldehydes is 1. The summed E-state index contributed by atoms with van der Waals surface area (Å²) >= 11 is 0. The van der Waals surface area contributed by atoms with Crippen molar-refractivity contribution in [3.63, 3.8) is 0 Å². The van der Waals surface area contributed by atoms with Gasteiger partial charge in [0.05, 0.1) is 44.0 Å². The molecule has 0 atom stereocenters. The lowest BCUT2D eigenvalue weighted by Gasteiger charge is -2.21. The third-order valence-corrected chi connectivity index (χ3v) is 7.94. The number of methoxy groups -OCH3 is 1. The molecular weight excluding hydrogens is 610 g/mol. The fourth-order valence-corrected chi connectivity index (χ4v) is 5.48. The molecule has 12 heteroatoms. The molecule has 0 fully saturated rings. The monoisotopic (exact) mass is 649 g/mol. The van der Waals surface area contributed by atoms with E-state index in [4.69, 9.17) is 0 Å². The number of carbonyl (C=O) groups excluding carboxylic acids is 4. The zero-order chi connectivity index (χ0) is 34.0. The minimum Gasteiger partial charge on any atom is -0.453 e. The minimum absolute atomic E-state index is 0.144. The molecule has 3 N–H and O–H groups in total. The molecule has 3 aromatic carbocycles.